The normalized spacial score (nSPS) is 11.9. The monoisotopic (exact) mass is 538 g/mol. The molecule has 0 aliphatic rings. The first kappa shape index (κ1) is 29.7. The van der Waals surface area contributed by atoms with Crippen LogP contribution < -0.4 is 0 Å². The summed E-state index contributed by atoms with van der Waals surface area (Å²) in [7, 11) is -8.91. The molecule has 0 fully saturated rings. The predicted octanol–water partition coefficient (Wildman–Crippen LogP) is 5.35. The van der Waals surface area contributed by atoms with Gasteiger partial charge in [-0.15, -0.1) is 0 Å². The van der Waals surface area contributed by atoms with Gasteiger partial charge in [-0.2, -0.15) is 0 Å². The van der Waals surface area contributed by atoms with E-state index < -0.39 is 20.2 Å². The molecule has 0 saturated heterocycles. The van der Waals surface area contributed by atoms with E-state index in [0.717, 1.165) is 10.8 Å². The second-order valence-electron chi connectivity index (χ2n) is 8.63. The third kappa shape index (κ3) is 6.83. The molecule has 35 heavy (non-hydrogen) atoms. The molecule has 0 N–H and O–H groups in total. The molecule has 0 spiro atoms. The third-order valence-corrected chi connectivity index (χ3v) is 7.48. The van der Waals surface area contributed by atoms with Gasteiger partial charge in [0.15, 0.2) is 0 Å². The second-order valence-corrected chi connectivity index (χ2v) is 11.3. The van der Waals surface area contributed by atoms with Crippen LogP contribution in [0.15, 0.2) is 82.6 Å². The van der Waals surface area contributed by atoms with Crippen LogP contribution in [0.3, 0.4) is 0 Å². The van der Waals surface area contributed by atoms with E-state index in [-0.39, 0.29) is 59.4 Å². The van der Waals surface area contributed by atoms with Crippen LogP contribution >= 0.6 is 0 Å². The summed E-state index contributed by atoms with van der Waals surface area (Å²) in [6, 6.07) is 21.2. The average Bonchev–Trinajstić information content (AvgIpc) is 2.76. The molecule has 0 aromatic heterocycles. The molecule has 0 radical (unpaired) electrons. The van der Waals surface area contributed by atoms with Crippen molar-refractivity contribution in [3.8, 4) is 0 Å². The van der Waals surface area contributed by atoms with E-state index in [1.807, 2.05) is 52.0 Å². The van der Waals surface area contributed by atoms with Crippen molar-refractivity contribution < 1.29 is 25.9 Å². The van der Waals surface area contributed by atoms with Crippen LogP contribution in [0.2, 0.25) is 0 Å². The average molecular weight is 539 g/mol. The zero-order valence-electron chi connectivity index (χ0n) is 20.1. The van der Waals surface area contributed by atoms with Gasteiger partial charge in [-0.1, -0.05) is 100 Å². The number of fused-ring (bicyclic) bond motifs is 2. The van der Waals surface area contributed by atoms with Crippen molar-refractivity contribution in [3.05, 3.63) is 83.9 Å². The van der Waals surface area contributed by atoms with Crippen LogP contribution in [0.1, 0.15) is 50.7 Å². The third-order valence-electron chi connectivity index (χ3n) is 5.56. The Morgan fingerprint density at radius 3 is 1.14 bits per heavy atom. The number of benzene rings is 4. The number of hydrogen-bond donors (Lipinski definition) is 0. The van der Waals surface area contributed by atoms with E-state index in [1.54, 1.807) is 48.5 Å². The Hall–Kier alpha value is -1.52. The molecular formula is C26H26CaO6S2. The van der Waals surface area contributed by atoms with Gasteiger partial charge in [0.2, 0.25) is 0 Å². The molecule has 0 atom stereocenters. The van der Waals surface area contributed by atoms with Gasteiger partial charge in [-0.25, -0.2) is 16.8 Å². The van der Waals surface area contributed by atoms with Crippen molar-refractivity contribution in [1.29, 1.82) is 0 Å². The molecule has 6 nitrogen and oxygen atoms in total. The fourth-order valence-corrected chi connectivity index (χ4v) is 6.08. The quantitative estimate of drug-likeness (QED) is 0.255. The van der Waals surface area contributed by atoms with E-state index >= 15 is 0 Å². The molecule has 0 saturated carbocycles. The summed E-state index contributed by atoms with van der Waals surface area (Å²) in [5.74, 6) is -0.00309. The first-order valence-corrected chi connectivity index (χ1v) is 13.6. The smallest absolute Gasteiger partial charge is 0.744 e. The Morgan fingerprint density at radius 2 is 0.857 bits per heavy atom. The van der Waals surface area contributed by atoms with Gasteiger partial charge >= 0.3 is 37.7 Å². The van der Waals surface area contributed by atoms with Crippen LogP contribution in [0.25, 0.3) is 21.5 Å². The van der Waals surface area contributed by atoms with Crippen LogP contribution in [-0.2, 0) is 20.2 Å². The van der Waals surface area contributed by atoms with Gasteiger partial charge in [0.1, 0.15) is 20.2 Å². The largest absolute Gasteiger partial charge is 2.00 e. The standard InChI is InChI=1S/2C13H14O3S.Ca/c2*1-9(2)11-8-7-10-5-3-4-6-12(10)13(11)17(14,15)16;/h2*3-9H,1-2H3,(H,14,15,16);/q;;+2/p-2. The predicted molar refractivity (Wildman–Crippen MR) is 138 cm³/mol. The molecule has 4 aromatic rings. The van der Waals surface area contributed by atoms with Crippen molar-refractivity contribution in [2.24, 2.45) is 0 Å². The number of hydrogen-bond acceptors (Lipinski definition) is 6. The van der Waals surface area contributed by atoms with Crippen molar-refractivity contribution >= 4 is 79.5 Å². The maximum atomic E-state index is 11.4. The Labute approximate surface area is 236 Å². The molecule has 0 aliphatic carbocycles. The van der Waals surface area contributed by atoms with Gasteiger partial charge in [-0.3, -0.25) is 0 Å². The van der Waals surface area contributed by atoms with Gasteiger partial charge in [0.05, 0.1) is 9.79 Å². The summed E-state index contributed by atoms with van der Waals surface area (Å²) < 4.78 is 68.5. The summed E-state index contributed by atoms with van der Waals surface area (Å²) in [5.41, 5.74) is 1.16. The summed E-state index contributed by atoms with van der Waals surface area (Å²) in [6.07, 6.45) is 0. The van der Waals surface area contributed by atoms with Crippen LogP contribution in [0, 0.1) is 0 Å². The minimum atomic E-state index is -4.46. The molecular weight excluding hydrogens is 512 g/mol. The number of rotatable bonds is 4. The van der Waals surface area contributed by atoms with Crippen LogP contribution in [0.5, 0.6) is 0 Å². The van der Waals surface area contributed by atoms with Crippen LogP contribution in [-0.4, -0.2) is 63.7 Å². The Morgan fingerprint density at radius 1 is 0.543 bits per heavy atom. The molecule has 0 amide bonds. The first-order valence-electron chi connectivity index (χ1n) is 10.8. The molecule has 0 aliphatic heterocycles. The molecule has 9 heteroatoms. The maximum absolute atomic E-state index is 11.4. The van der Waals surface area contributed by atoms with E-state index in [0.29, 0.717) is 21.9 Å². The summed E-state index contributed by atoms with van der Waals surface area (Å²) >= 11 is 0. The molecule has 0 bridgehead atoms. The van der Waals surface area contributed by atoms with Crippen molar-refractivity contribution in [2.45, 2.75) is 49.3 Å². The fourth-order valence-electron chi connectivity index (χ4n) is 3.99. The van der Waals surface area contributed by atoms with Crippen LogP contribution in [0.4, 0.5) is 0 Å². The zero-order chi connectivity index (χ0) is 25.3. The SMILES string of the molecule is CC(C)c1ccc2ccccc2c1S(=O)(=O)[O-].CC(C)c1ccc2ccccc2c1S(=O)(=O)[O-].[Ca+2]. The molecule has 0 unspecified atom stereocenters. The van der Waals surface area contributed by atoms with Gasteiger partial charge in [-0.05, 0) is 44.5 Å². The topological polar surface area (TPSA) is 114 Å². The molecule has 4 aromatic carbocycles. The van der Waals surface area contributed by atoms with Crippen molar-refractivity contribution in [1.82, 2.24) is 0 Å². The van der Waals surface area contributed by atoms with E-state index in [2.05, 4.69) is 0 Å². The summed E-state index contributed by atoms with van der Waals surface area (Å²) in [5, 5.41) is 2.56. The van der Waals surface area contributed by atoms with Crippen molar-refractivity contribution in [3.63, 3.8) is 0 Å². The molecule has 0 heterocycles. The van der Waals surface area contributed by atoms with E-state index in [4.69, 9.17) is 0 Å². The van der Waals surface area contributed by atoms with E-state index in [9.17, 15) is 25.9 Å². The fraction of sp³-hybridized carbons (Fsp3) is 0.231. The Balaban J connectivity index is 0.000000240. The van der Waals surface area contributed by atoms with Gasteiger partial charge in [0, 0.05) is 0 Å². The minimum absolute atomic E-state index is 0. The minimum Gasteiger partial charge on any atom is -0.744 e. The molecule has 4 rings (SSSR count). The van der Waals surface area contributed by atoms with Gasteiger partial charge in [0.25, 0.3) is 0 Å². The maximum Gasteiger partial charge on any atom is 2.00 e. The molecule has 180 valence electrons. The zero-order valence-corrected chi connectivity index (χ0v) is 23.9. The van der Waals surface area contributed by atoms with Crippen molar-refractivity contribution in [2.75, 3.05) is 0 Å². The van der Waals surface area contributed by atoms with Gasteiger partial charge < -0.3 is 9.11 Å². The summed E-state index contributed by atoms with van der Waals surface area (Å²) in [4.78, 5) is -0.156. The van der Waals surface area contributed by atoms with E-state index in [1.165, 1.54) is 0 Å². The second kappa shape index (κ2) is 11.7. The summed E-state index contributed by atoms with van der Waals surface area (Å²) in [6.45, 7) is 7.50. The Kier molecular flexibility index (Phi) is 9.92. The Bertz CT molecular complexity index is 1440. The first-order chi connectivity index (χ1) is 15.8.